The minimum atomic E-state index is -0.331. The molecule has 8 nitrogen and oxygen atoms in total. The van der Waals surface area contributed by atoms with E-state index in [-0.39, 0.29) is 17.6 Å². The Bertz CT molecular complexity index is 895. The molecule has 0 atom stereocenters. The normalized spacial score (nSPS) is 14.4. The van der Waals surface area contributed by atoms with Crippen LogP contribution in [-0.2, 0) is 6.61 Å². The summed E-state index contributed by atoms with van der Waals surface area (Å²) in [6.45, 7) is 3.75. The maximum absolute atomic E-state index is 13.1. The molecule has 0 spiro atoms. The van der Waals surface area contributed by atoms with Crippen LogP contribution in [0.15, 0.2) is 36.4 Å². The number of piperazine rings is 1. The highest BCUT2D eigenvalue weighted by Gasteiger charge is 2.15. The molecule has 2 aromatic heterocycles. The molecule has 0 radical (unpaired) electrons. The lowest BCUT2D eigenvalue weighted by molar-refractivity contribution is 0.282. The third-order valence-electron chi connectivity index (χ3n) is 4.21. The second kappa shape index (κ2) is 7.85. The molecule has 27 heavy (non-hydrogen) atoms. The summed E-state index contributed by atoms with van der Waals surface area (Å²) in [6.07, 6.45) is 0. The Morgan fingerprint density at radius 2 is 1.81 bits per heavy atom. The maximum Gasteiger partial charge on any atom is 0.233 e. The van der Waals surface area contributed by atoms with E-state index in [0.717, 1.165) is 32.0 Å². The van der Waals surface area contributed by atoms with Gasteiger partial charge in [0.05, 0.1) is 5.69 Å². The summed E-state index contributed by atoms with van der Waals surface area (Å²) < 4.78 is 20.3. The first-order valence-electron chi connectivity index (χ1n) is 8.49. The van der Waals surface area contributed by atoms with Crippen molar-refractivity contribution in [3.63, 3.8) is 0 Å². The number of hydrogen-bond acceptors (Lipinski definition) is 7. The van der Waals surface area contributed by atoms with E-state index in [1.54, 1.807) is 18.2 Å². The van der Waals surface area contributed by atoms with Crippen LogP contribution in [-0.4, -0.2) is 51.4 Å². The Morgan fingerprint density at radius 1 is 1.04 bits per heavy atom. The van der Waals surface area contributed by atoms with E-state index in [2.05, 4.69) is 30.7 Å². The van der Waals surface area contributed by atoms with Gasteiger partial charge in [0.25, 0.3) is 0 Å². The molecular formula is C17H17ClFN7O. The molecular weight excluding hydrogens is 373 g/mol. The summed E-state index contributed by atoms with van der Waals surface area (Å²) in [5, 5.41) is 19.7. The third kappa shape index (κ3) is 3.99. The molecule has 140 valence electrons. The summed E-state index contributed by atoms with van der Waals surface area (Å²) in [7, 11) is 0. The van der Waals surface area contributed by atoms with Gasteiger partial charge in [-0.3, -0.25) is 0 Å². The Balaban J connectivity index is 1.46. The largest absolute Gasteiger partial charge is 0.470 e. The first-order valence-corrected chi connectivity index (χ1v) is 8.87. The molecule has 1 fully saturated rings. The van der Waals surface area contributed by atoms with Gasteiger partial charge < -0.3 is 15.0 Å². The number of ether oxygens (including phenoxy) is 1. The van der Waals surface area contributed by atoms with Crippen LogP contribution in [0, 0.1) is 5.82 Å². The van der Waals surface area contributed by atoms with E-state index < -0.39 is 0 Å². The van der Waals surface area contributed by atoms with Gasteiger partial charge in [-0.05, 0) is 30.3 Å². The average molecular weight is 390 g/mol. The third-order valence-corrected chi connectivity index (χ3v) is 4.50. The molecule has 1 aromatic carbocycles. The van der Waals surface area contributed by atoms with Crippen molar-refractivity contribution >= 4 is 17.4 Å². The number of hydrogen-bond donors (Lipinski definition) is 1. The van der Waals surface area contributed by atoms with Crippen molar-refractivity contribution in [3.05, 3.63) is 53.1 Å². The molecule has 4 rings (SSSR count). The summed E-state index contributed by atoms with van der Waals surface area (Å²) in [5.41, 5.74) is 1.17. The Morgan fingerprint density at radius 3 is 2.52 bits per heavy atom. The summed E-state index contributed by atoms with van der Waals surface area (Å²) in [6, 6.07) is 9.51. The van der Waals surface area contributed by atoms with Gasteiger partial charge in [-0.25, -0.2) is 9.07 Å². The van der Waals surface area contributed by atoms with Crippen LogP contribution >= 0.6 is 11.6 Å². The molecule has 1 aliphatic rings. The minimum absolute atomic E-state index is 0.102. The lowest BCUT2D eigenvalue weighted by Gasteiger charge is -2.27. The molecule has 3 heterocycles. The van der Waals surface area contributed by atoms with Crippen molar-refractivity contribution < 1.29 is 9.13 Å². The zero-order valence-corrected chi connectivity index (χ0v) is 15.1. The van der Waals surface area contributed by atoms with Crippen LogP contribution in [0.25, 0.3) is 5.69 Å². The number of nitrogens with one attached hydrogen (secondary N) is 1. The Kier molecular flexibility index (Phi) is 5.12. The number of aromatic nitrogens is 5. The molecule has 0 saturated carbocycles. The predicted octanol–water partition coefficient (Wildman–Crippen LogP) is 1.84. The quantitative estimate of drug-likeness (QED) is 0.713. The molecule has 1 saturated heterocycles. The van der Waals surface area contributed by atoms with Gasteiger partial charge in [0, 0.05) is 32.2 Å². The fourth-order valence-electron chi connectivity index (χ4n) is 2.79. The zero-order valence-electron chi connectivity index (χ0n) is 14.3. The molecule has 0 amide bonds. The molecule has 0 unspecified atom stereocenters. The van der Waals surface area contributed by atoms with Gasteiger partial charge in [-0.1, -0.05) is 16.8 Å². The lowest BCUT2D eigenvalue weighted by Crippen LogP contribution is -2.43. The second-order valence-corrected chi connectivity index (χ2v) is 6.33. The van der Waals surface area contributed by atoms with Crippen LogP contribution in [0.2, 0.25) is 5.15 Å². The molecule has 3 aromatic rings. The molecule has 0 aliphatic carbocycles. The van der Waals surface area contributed by atoms with E-state index in [1.165, 1.54) is 16.8 Å². The van der Waals surface area contributed by atoms with E-state index >= 15 is 0 Å². The van der Waals surface area contributed by atoms with Gasteiger partial charge in [0.15, 0.2) is 11.0 Å². The van der Waals surface area contributed by atoms with Crippen LogP contribution < -0.4 is 15.0 Å². The van der Waals surface area contributed by atoms with Gasteiger partial charge in [-0.15, -0.1) is 15.3 Å². The topological polar surface area (TPSA) is 81.0 Å². The monoisotopic (exact) mass is 389 g/mol. The van der Waals surface area contributed by atoms with Gasteiger partial charge in [0.1, 0.15) is 18.1 Å². The molecule has 10 heteroatoms. The molecule has 1 aliphatic heterocycles. The fourth-order valence-corrected chi connectivity index (χ4v) is 2.96. The van der Waals surface area contributed by atoms with E-state index in [0.29, 0.717) is 17.3 Å². The number of benzene rings is 1. The maximum atomic E-state index is 13.1. The smallest absolute Gasteiger partial charge is 0.233 e. The highest BCUT2D eigenvalue weighted by molar-refractivity contribution is 6.30. The summed E-state index contributed by atoms with van der Waals surface area (Å²) in [5.74, 6) is 0.860. The van der Waals surface area contributed by atoms with Crippen LogP contribution in [0.3, 0.4) is 0 Å². The predicted molar refractivity (Wildman–Crippen MR) is 97.8 cm³/mol. The fraction of sp³-hybridized carbons (Fsp3) is 0.294. The Labute approximate surface area is 159 Å². The van der Waals surface area contributed by atoms with Crippen molar-refractivity contribution in [1.82, 2.24) is 30.5 Å². The first-order chi connectivity index (χ1) is 13.2. The van der Waals surface area contributed by atoms with Gasteiger partial charge >= 0.3 is 0 Å². The highest BCUT2D eigenvalue weighted by atomic mass is 35.5. The highest BCUT2D eigenvalue weighted by Crippen LogP contribution is 2.20. The zero-order chi connectivity index (χ0) is 18.6. The lowest BCUT2D eigenvalue weighted by atomic mass is 10.3. The Hall–Kier alpha value is -2.78. The van der Waals surface area contributed by atoms with Gasteiger partial charge in [0.2, 0.25) is 5.88 Å². The standard InChI is InChI=1S/C17H17ClFN7O/c18-17-14(26(24-23-17)13-3-1-12(19)2-4-13)11-27-16-6-5-15(21-22-16)25-9-7-20-8-10-25/h1-6,20H,7-11H2. The van der Waals surface area contributed by atoms with E-state index in [1.807, 2.05) is 6.07 Å². The summed E-state index contributed by atoms with van der Waals surface area (Å²) >= 11 is 6.12. The van der Waals surface area contributed by atoms with E-state index in [9.17, 15) is 4.39 Å². The number of halogens is 2. The van der Waals surface area contributed by atoms with Crippen LogP contribution in [0.5, 0.6) is 5.88 Å². The van der Waals surface area contributed by atoms with Crippen molar-refractivity contribution in [2.24, 2.45) is 0 Å². The van der Waals surface area contributed by atoms with Crippen molar-refractivity contribution in [1.29, 1.82) is 0 Å². The SMILES string of the molecule is Fc1ccc(-n2nnc(Cl)c2COc2ccc(N3CCNCC3)nn2)cc1. The average Bonchev–Trinajstić information content (AvgIpc) is 3.08. The number of nitrogens with zero attached hydrogens (tertiary/aromatic N) is 6. The van der Waals surface area contributed by atoms with Gasteiger partial charge in [-0.2, -0.15) is 0 Å². The summed E-state index contributed by atoms with van der Waals surface area (Å²) in [4.78, 5) is 2.16. The molecule has 1 N–H and O–H groups in total. The van der Waals surface area contributed by atoms with Crippen LogP contribution in [0.1, 0.15) is 5.69 Å². The van der Waals surface area contributed by atoms with Crippen molar-refractivity contribution in [2.75, 3.05) is 31.1 Å². The van der Waals surface area contributed by atoms with Crippen molar-refractivity contribution in [3.8, 4) is 11.6 Å². The molecule has 0 bridgehead atoms. The number of anilines is 1. The minimum Gasteiger partial charge on any atom is -0.470 e. The van der Waals surface area contributed by atoms with Crippen LogP contribution in [0.4, 0.5) is 10.2 Å². The second-order valence-electron chi connectivity index (χ2n) is 5.97. The first kappa shape index (κ1) is 17.6. The number of rotatable bonds is 5. The van der Waals surface area contributed by atoms with E-state index in [4.69, 9.17) is 16.3 Å². The van der Waals surface area contributed by atoms with Crippen molar-refractivity contribution in [2.45, 2.75) is 6.61 Å².